The zero-order valence-electron chi connectivity index (χ0n) is 12.1. The Morgan fingerprint density at radius 1 is 1.23 bits per heavy atom. The summed E-state index contributed by atoms with van der Waals surface area (Å²) in [5.74, 6) is 0. The molecule has 0 saturated carbocycles. The third kappa shape index (κ3) is 3.14. The van der Waals surface area contributed by atoms with Crippen LogP contribution in [-0.4, -0.2) is 6.21 Å². The van der Waals surface area contributed by atoms with E-state index >= 15 is 0 Å². The van der Waals surface area contributed by atoms with Crippen molar-refractivity contribution in [3.05, 3.63) is 56.9 Å². The van der Waals surface area contributed by atoms with Gasteiger partial charge in [0, 0.05) is 16.1 Å². The molecule has 0 bridgehead atoms. The summed E-state index contributed by atoms with van der Waals surface area (Å²) in [5.41, 5.74) is 2.95. The molecule has 0 saturated heterocycles. The Morgan fingerprint density at radius 2 is 2.05 bits per heavy atom. The number of aliphatic imine (C=N–C) groups is 1. The van der Waals surface area contributed by atoms with Gasteiger partial charge >= 0.3 is 0 Å². The monoisotopic (exact) mass is 326 g/mol. The third-order valence-corrected chi connectivity index (χ3v) is 5.27. The standard InChI is InChI=1S/C18H15ClN2S/c19-16-9-3-1-6-13(16)7-5-11-21-18-15(12-20)14-8-2-4-10-17(14)22-18/h1,3,5-7,9,11H,2,4,8,10H2. The second-order valence-electron chi connectivity index (χ2n) is 5.16. The number of thiophene rings is 1. The van der Waals surface area contributed by atoms with E-state index in [1.54, 1.807) is 17.6 Å². The van der Waals surface area contributed by atoms with Gasteiger partial charge in [0.05, 0.1) is 5.56 Å². The van der Waals surface area contributed by atoms with Crippen LogP contribution in [-0.2, 0) is 12.8 Å². The number of hydrogen-bond acceptors (Lipinski definition) is 3. The Bertz CT molecular complexity index is 781. The average molecular weight is 327 g/mol. The molecule has 1 heterocycles. The maximum absolute atomic E-state index is 9.38. The molecule has 1 aromatic carbocycles. The Hall–Kier alpha value is -1.89. The average Bonchev–Trinajstić information content (AvgIpc) is 2.90. The van der Waals surface area contributed by atoms with E-state index in [-0.39, 0.29) is 0 Å². The first-order valence-corrected chi connectivity index (χ1v) is 8.49. The molecule has 1 aliphatic rings. The van der Waals surface area contributed by atoms with Crippen molar-refractivity contribution in [3.8, 4) is 6.07 Å². The number of rotatable bonds is 3. The molecule has 0 amide bonds. The molecule has 110 valence electrons. The highest BCUT2D eigenvalue weighted by atomic mass is 35.5. The lowest BCUT2D eigenvalue weighted by Gasteiger charge is -2.09. The van der Waals surface area contributed by atoms with Crippen LogP contribution in [0.1, 0.15) is 34.4 Å². The van der Waals surface area contributed by atoms with Crippen molar-refractivity contribution in [1.82, 2.24) is 0 Å². The van der Waals surface area contributed by atoms with Gasteiger partial charge in [0.2, 0.25) is 0 Å². The molecule has 1 aliphatic carbocycles. The topological polar surface area (TPSA) is 36.1 Å². The predicted molar refractivity (Wildman–Crippen MR) is 94.3 cm³/mol. The second kappa shape index (κ2) is 6.91. The zero-order valence-corrected chi connectivity index (χ0v) is 13.6. The number of benzene rings is 1. The lowest BCUT2D eigenvalue weighted by Crippen LogP contribution is -1.99. The first-order valence-electron chi connectivity index (χ1n) is 7.29. The highest BCUT2D eigenvalue weighted by Crippen LogP contribution is 2.39. The van der Waals surface area contributed by atoms with E-state index in [4.69, 9.17) is 11.6 Å². The molecule has 0 unspecified atom stereocenters. The Morgan fingerprint density at radius 3 is 2.86 bits per heavy atom. The highest BCUT2D eigenvalue weighted by molar-refractivity contribution is 7.16. The van der Waals surface area contributed by atoms with E-state index in [0.29, 0.717) is 0 Å². The van der Waals surface area contributed by atoms with Gasteiger partial charge in [-0.3, -0.25) is 0 Å². The number of allylic oxidation sites excluding steroid dienone is 1. The molecular formula is C18H15ClN2S. The Balaban J connectivity index is 1.80. The van der Waals surface area contributed by atoms with Crippen LogP contribution in [0.5, 0.6) is 0 Å². The van der Waals surface area contributed by atoms with Crippen molar-refractivity contribution in [2.45, 2.75) is 25.7 Å². The van der Waals surface area contributed by atoms with Crippen LogP contribution in [0.15, 0.2) is 35.3 Å². The molecule has 0 spiro atoms. The first-order chi connectivity index (χ1) is 10.8. The van der Waals surface area contributed by atoms with Crippen LogP contribution in [0.25, 0.3) is 6.08 Å². The fourth-order valence-electron chi connectivity index (χ4n) is 2.63. The van der Waals surface area contributed by atoms with Crippen LogP contribution in [0.3, 0.4) is 0 Å². The summed E-state index contributed by atoms with van der Waals surface area (Å²) in [6.07, 6.45) is 10.0. The van der Waals surface area contributed by atoms with Crippen molar-refractivity contribution in [2.24, 2.45) is 4.99 Å². The van der Waals surface area contributed by atoms with E-state index in [0.717, 1.165) is 34.0 Å². The molecule has 1 aromatic heterocycles. The molecular weight excluding hydrogens is 312 g/mol. The summed E-state index contributed by atoms with van der Waals surface area (Å²) in [6.45, 7) is 0. The third-order valence-electron chi connectivity index (χ3n) is 3.72. The highest BCUT2D eigenvalue weighted by Gasteiger charge is 2.19. The van der Waals surface area contributed by atoms with Gasteiger partial charge in [0.1, 0.15) is 11.1 Å². The minimum atomic E-state index is 0.719. The number of halogens is 1. The maximum atomic E-state index is 9.38. The minimum absolute atomic E-state index is 0.719. The molecule has 2 nitrogen and oxygen atoms in total. The second-order valence-corrected chi connectivity index (χ2v) is 6.65. The predicted octanol–water partition coefficient (Wildman–Crippen LogP) is 5.57. The quantitative estimate of drug-likeness (QED) is 0.679. The summed E-state index contributed by atoms with van der Waals surface area (Å²) < 4.78 is 0. The van der Waals surface area contributed by atoms with Gasteiger partial charge in [-0.15, -0.1) is 11.3 Å². The molecule has 0 fully saturated rings. The zero-order chi connectivity index (χ0) is 15.4. The van der Waals surface area contributed by atoms with Crippen LogP contribution >= 0.6 is 22.9 Å². The van der Waals surface area contributed by atoms with Gasteiger partial charge in [-0.2, -0.15) is 5.26 Å². The number of aryl methyl sites for hydroxylation is 1. The van der Waals surface area contributed by atoms with E-state index in [2.05, 4.69) is 11.1 Å². The van der Waals surface area contributed by atoms with Crippen molar-refractivity contribution < 1.29 is 0 Å². The van der Waals surface area contributed by atoms with Gasteiger partial charge < -0.3 is 0 Å². The largest absolute Gasteiger partial charge is 0.245 e. The molecule has 22 heavy (non-hydrogen) atoms. The van der Waals surface area contributed by atoms with Gasteiger partial charge in [-0.1, -0.05) is 35.9 Å². The molecule has 0 aliphatic heterocycles. The molecule has 0 radical (unpaired) electrons. The van der Waals surface area contributed by atoms with E-state index < -0.39 is 0 Å². The minimum Gasteiger partial charge on any atom is -0.245 e. The van der Waals surface area contributed by atoms with E-state index in [1.165, 1.54) is 23.3 Å². The number of fused-ring (bicyclic) bond motifs is 1. The SMILES string of the molecule is N#Cc1c(N=CC=Cc2ccccc2Cl)sc2c1CCCC2. The molecule has 0 N–H and O–H groups in total. The Kier molecular flexibility index (Phi) is 4.72. The van der Waals surface area contributed by atoms with Gasteiger partial charge in [-0.05, 0) is 49.0 Å². The summed E-state index contributed by atoms with van der Waals surface area (Å²) in [7, 11) is 0. The summed E-state index contributed by atoms with van der Waals surface area (Å²) in [6, 6.07) is 9.99. The smallest absolute Gasteiger partial charge is 0.134 e. The normalized spacial score (nSPS) is 14.4. The molecule has 0 atom stereocenters. The molecule has 2 aromatic rings. The maximum Gasteiger partial charge on any atom is 0.134 e. The van der Waals surface area contributed by atoms with Crippen LogP contribution in [0, 0.1) is 11.3 Å². The van der Waals surface area contributed by atoms with Crippen LogP contribution < -0.4 is 0 Å². The van der Waals surface area contributed by atoms with Crippen molar-refractivity contribution in [1.29, 1.82) is 5.26 Å². The van der Waals surface area contributed by atoms with Crippen LogP contribution in [0.2, 0.25) is 5.02 Å². The van der Waals surface area contributed by atoms with Crippen LogP contribution in [0.4, 0.5) is 5.00 Å². The van der Waals surface area contributed by atoms with E-state index in [1.807, 2.05) is 36.4 Å². The molecule has 3 rings (SSSR count). The Labute approximate surface area is 139 Å². The lowest BCUT2D eigenvalue weighted by molar-refractivity contribution is 0.696. The fraction of sp³-hybridized carbons (Fsp3) is 0.222. The van der Waals surface area contributed by atoms with E-state index in [9.17, 15) is 5.26 Å². The lowest BCUT2D eigenvalue weighted by atomic mass is 9.96. The van der Waals surface area contributed by atoms with Crippen molar-refractivity contribution in [3.63, 3.8) is 0 Å². The summed E-state index contributed by atoms with van der Waals surface area (Å²) in [5, 5.41) is 10.9. The van der Waals surface area contributed by atoms with Gasteiger partial charge in [0.15, 0.2) is 0 Å². The van der Waals surface area contributed by atoms with Gasteiger partial charge in [-0.25, -0.2) is 4.99 Å². The number of nitrogens with zero attached hydrogens (tertiary/aromatic N) is 2. The number of nitriles is 1. The number of hydrogen-bond donors (Lipinski definition) is 0. The van der Waals surface area contributed by atoms with Crippen molar-refractivity contribution in [2.75, 3.05) is 0 Å². The summed E-state index contributed by atoms with van der Waals surface area (Å²) in [4.78, 5) is 5.81. The first kappa shape index (κ1) is 15.0. The van der Waals surface area contributed by atoms with Crippen molar-refractivity contribution >= 4 is 40.2 Å². The molecule has 4 heteroatoms. The van der Waals surface area contributed by atoms with Gasteiger partial charge in [0.25, 0.3) is 0 Å². The fourth-order valence-corrected chi connectivity index (χ4v) is 4.02. The summed E-state index contributed by atoms with van der Waals surface area (Å²) >= 11 is 7.76.